The van der Waals surface area contributed by atoms with E-state index in [2.05, 4.69) is 5.32 Å². The molecule has 0 bridgehead atoms. The number of rotatable bonds is 3. The van der Waals surface area contributed by atoms with Crippen molar-refractivity contribution in [2.45, 2.75) is 18.7 Å². The molecule has 0 radical (unpaired) electrons. The minimum atomic E-state index is -3.66. The molecule has 0 aliphatic carbocycles. The van der Waals surface area contributed by atoms with Crippen LogP contribution in [0.25, 0.3) is 0 Å². The Morgan fingerprint density at radius 3 is 2.55 bits per heavy atom. The van der Waals surface area contributed by atoms with Crippen molar-refractivity contribution in [3.05, 3.63) is 23.3 Å². The molecule has 0 unspecified atom stereocenters. The van der Waals surface area contributed by atoms with E-state index in [0.29, 0.717) is 24.4 Å². The van der Waals surface area contributed by atoms with Gasteiger partial charge < -0.3 is 10.1 Å². The minimum absolute atomic E-state index is 0.132. The highest BCUT2D eigenvalue weighted by Gasteiger charge is 2.30. The van der Waals surface area contributed by atoms with Gasteiger partial charge in [0.2, 0.25) is 15.9 Å². The summed E-state index contributed by atoms with van der Waals surface area (Å²) in [5.41, 5.74) is 1.36. The number of sulfonamides is 1. The van der Waals surface area contributed by atoms with Crippen molar-refractivity contribution in [2.75, 3.05) is 26.7 Å². The standard InChI is InChI=1S/C13H18N2O4S/c1-9-7-12(10(2)6-11(9)19-3)20(17,18)15-5-4-14-13(16)8-15/h6-7H,4-5,8H2,1-3H3,(H,14,16). The first-order valence-corrected chi connectivity index (χ1v) is 7.72. The first-order valence-electron chi connectivity index (χ1n) is 6.28. The SMILES string of the molecule is COc1cc(C)c(S(=O)(=O)N2CCNC(=O)C2)cc1C. The number of aryl methyl sites for hydroxylation is 2. The quantitative estimate of drug-likeness (QED) is 0.878. The fourth-order valence-corrected chi connectivity index (χ4v) is 3.91. The first-order chi connectivity index (χ1) is 9.36. The number of benzene rings is 1. The summed E-state index contributed by atoms with van der Waals surface area (Å²) in [6.45, 7) is 4.01. The lowest BCUT2D eigenvalue weighted by Crippen LogP contribution is -2.49. The third kappa shape index (κ3) is 2.64. The number of nitrogens with zero attached hydrogens (tertiary/aromatic N) is 1. The van der Waals surface area contributed by atoms with E-state index in [1.165, 1.54) is 4.31 Å². The zero-order valence-corrected chi connectivity index (χ0v) is 12.6. The van der Waals surface area contributed by atoms with E-state index in [1.54, 1.807) is 33.1 Å². The highest BCUT2D eigenvalue weighted by Crippen LogP contribution is 2.27. The average Bonchev–Trinajstić information content (AvgIpc) is 2.40. The van der Waals surface area contributed by atoms with Crippen molar-refractivity contribution in [2.24, 2.45) is 0 Å². The van der Waals surface area contributed by atoms with Crippen LogP contribution in [0.1, 0.15) is 11.1 Å². The molecule has 0 aromatic heterocycles. The van der Waals surface area contributed by atoms with Crippen molar-refractivity contribution in [3.63, 3.8) is 0 Å². The molecule has 20 heavy (non-hydrogen) atoms. The molecule has 1 aromatic carbocycles. The molecule has 1 N–H and O–H groups in total. The van der Waals surface area contributed by atoms with Crippen LogP contribution >= 0.6 is 0 Å². The van der Waals surface area contributed by atoms with E-state index in [1.807, 2.05) is 0 Å². The number of carbonyl (C=O) groups excluding carboxylic acids is 1. The van der Waals surface area contributed by atoms with Gasteiger partial charge in [0.1, 0.15) is 5.75 Å². The molecule has 1 aliphatic rings. The van der Waals surface area contributed by atoms with Gasteiger partial charge in [-0.2, -0.15) is 4.31 Å². The molecule has 1 saturated heterocycles. The molecule has 0 spiro atoms. The van der Waals surface area contributed by atoms with Gasteiger partial charge in [0.25, 0.3) is 0 Å². The first kappa shape index (κ1) is 14.8. The number of methoxy groups -OCH3 is 1. The van der Waals surface area contributed by atoms with Crippen molar-refractivity contribution < 1.29 is 17.9 Å². The Morgan fingerprint density at radius 1 is 1.25 bits per heavy atom. The van der Waals surface area contributed by atoms with Crippen LogP contribution in [0, 0.1) is 13.8 Å². The van der Waals surface area contributed by atoms with Crippen LogP contribution in [0.5, 0.6) is 5.75 Å². The smallest absolute Gasteiger partial charge is 0.243 e. The molecular formula is C13H18N2O4S. The third-order valence-electron chi connectivity index (χ3n) is 3.31. The molecule has 1 heterocycles. The van der Waals surface area contributed by atoms with E-state index in [9.17, 15) is 13.2 Å². The second-order valence-corrected chi connectivity index (χ2v) is 6.68. The van der Waals surface area contributed by atoms with Crippen LogP contribution in [0.3, 0.4) is 0 Å². The van der Waals surface area contributed by atoms with Gasteiger partial charge >= 0.3 is 0 Å². The number of hydrogen-bond acceptors (Lipinski definition) is 4. The third-order valence-corrected chi connectivity index (χ3v) is 5.30. The molecule has 2 rings (SSSR count). The summed E-state index contributed by atoms with van der Waals surface area (Å²) in [4.78, 5) is 11.6. The molecule has 0 saturated carbocycles. The Balaban J connectivity index is 2.44. The van der Waals surface area contributed by atoms with E-state index in [-0.39, 0.29) is 17.3 Å². The van der Waals surface area contributed by atoms with Crippen molar-refractivity contribution in [3.8, 4) is 5.75 Å². The number of piperazine rings is 1. The van der Waals surface area contributed by atoms with E-state index in [0.717, 1.165) is 5.56 Å². The molecule has 1 aliphatic heterocycles. The van der Waals surface area contributed by atoms with Crippen molar-refractivity contribution in [1.82, 2.24) is 9.62 Å². The van der Waals surface area contributed by atoms with Gasteiger partial charge in [-0.25, -0.2) is 8.42 Å². The van der Waals surface area contributed by atoms with Crippen LogP contribution in [0.15, 0.2) is 17.0 Å². The zero-order chi connectivity index (χ0) is 14.9. The predicted octanol–water partition coefficient (Wildman–Crippen LogP) is 0.433. The van der Waals surface area contributed by atoms with Crippen LogP contribution in [-0.2, 0) is 14.8 Å². The molecule has 1 aromatic rings. The second kappa shape index (κ2) is 5.41. The Bertz CT molecular complexity index is 640. The van der Waals surface area contributed by atoms with Crippen LogP contribution in [0.4, 0.5) is 0 Å². The lowest BCUT2D eigenvalue weighted by molar-refractivity contribution is -0.122. The van der Waals surface area contributed by atoms with Gasteiger partial charge in [0, 0.05) is 13.1 Å². The number of ether oxygens (including phenoxy) is 1. The average molecular weight is 298 g/mol. The molecule has 1 fully saturated rings. The lowest BCUT2D eigenvalue weighted by Gasteiger charge is -2.26. The Labute approximate surface area is 118 Å². The number of amides is 1. The highest BCUT2D eigenvalue weighted by molar-refractivity contribution is 7.89. The largest absolute Gasteiger partial charge is 0.496 e. The summed E-state index contributed by atoms with van der Waals surface area (Å²) in [6, 6.07) is 3.29. The van der Waals surface area contributed by atoms with Crippen molar-refractivity contribution in [1.29, 1.82) is 0 Å². The fourth-order valence-electron chi connectivity index (χ4n) is 2.22. The maximum absolute atomic E-state index is 12.6. The monoisotopic (exact) mass is 298 g/mol. The van der Waals surface area contributed by atoms with Gasteiger partial charge in [-0.1, -0.05) is 0 Å². The van der Waals surface area contributed by atoms with Gasteiger partial charge in [-0.3, -0.25) is 4.79 Å². The molecule has 0 atom stereocenters. The molecule has 110 valence electrons. The summed E-state index contributed by atoms with van der Waals surface area (Å²) >= 11 is 0. The van der Waals surface area contributed by atoms with Gasteiger partial charge in [0.05, 0.1) is 18.6 Å². The maximum atomic E-state index is 12.6. The lowest BCUT2D eigenvalue weighted by atomic mass is 10.1. The Kier molecular flexibility index (Phi) is 4.01. The van der Waals surface area contributed by atoms with E-state index < -0.39 is 10.0 Å². The van der Waals surface area contributed by atoms with E-state index >= 15 is 0 Å². The normalized spacial score (nSPS) is 16.9. The molecular weight excluding hydrogens is 280 g/mol. The summed E-state index contributed by atoms with van der Waals surface area (Å²) in [5, 5.41) is 2.61. The summed E-state index contributed by atoms with van der Waals surface area (Å²) in [6.07, 6.45) is 0. The molecule has 7 heteroatoms. The second-order valence-electron chi connectivity index (χ2n) is 4.78. The summed E-state index contributed by atoms with van der Waals surface area (Å²) in [5.74, 6) is 0.376. The van der Waals surface area contributed by atoms with E-state index in [4.69, 9.17) is 4.74 Å². The van der Waals surface area contributed by atoms with Gasteiger partial charge in [-0.15, -0.1) is 0 Å². The van der Waals surface area contributed by atoms with Crippen molar-refractivity contribution >= 4 is 15.9 Å². The van der Waals surface area contributed by atoms with Crippen LogP contribution in [-0.4, -0.2) is 45.4 Å². The maximum Gasteiger partial charge on any atom is 0.243 e. The van der Waals surface area contributed by atoms with Crippen LogP contribution in [0.2, 0.25) is 0 Å². The van der Waals surface area contributed by atoms with Crippen LogP contribution < -0.4 is 10.1 Å². The molecule has 1 amide bonds. The Morgan fingerprint density at radius 2 is 1.95 bits per heavy atom. The highest BCUT2D eigenvalue weighted by atomic mass is 32.2. The molecule has 6 nitrogen and oxygen atoms in total. The zero-order valence-electron chi connectivity index (χ0n) is 11.8. The summed E-state index contributed by atoms with van der Waals surface area (Å²) in [7, 11) is -2.11. The fraction of sp³-hybridized carbons (Fsp3) is 0.462. The Hall–Kier alpha value is -1.60. The summed E-state index contributed by atoms with van der Waals surface area (Å²) < 4.78 is 31.6. The number of hydrogen-bond donors (Lipinski definition) is 1. The topological polar surface area (TPSA) is 75.7 Å². The number of nitrogens with one attached hydrogen (secondary N) is 1. The minimum Gasteiger partial charge on any atom is -0.496 e. The van der Waals surface area contributed by atoms with Gasteiger partial charge in [0.15, 0.2) is 0 Å². The predicted molar refractivity (Wildman–Crippen MR) is 74.2 cm³/mol. The van der Waals surface area contributed by atoms with Gasteiger partial charge in [-0.05, 0) is 37.1 Å². The number of carbonyl (C=O) groups is 1.